The topological polar surface area (TPSA) is 26.3 Å². The van der Waals surface area contributed by atoms with E-state index in [4.69, 9.17) is 4.74 Å². The SMILES string of the molecule is CC(=CC=CCC(C)CCC(C)C(C)C)C(=O)OC(C)C. The molecule has 0 N–H and O–H groups in total. The third-order valence-corrected chi connectivity index (χ3v) is 3.94. The Morgan fingerprint density at radius 1 is 1.05 bits per heavy atom. The Hall–Kier alpha value is -1.05. The van der Waals surface area contributed by atoms with Crippen LogP contribution in [-0.4, -0.2) is 12.1 Å². The first-order valence-electron chi connectivity index (χ1n) is 8.28. The van der Waals surface area contributed by atoms with E-state index in [9.17, 15) is 4.79 Å². The monoisotopic (exact) mass is 294 g/mol. The van der Waals surface area contributed by atoms with Crippen LogP contribution in [0.15, 0.2) is 23.8 Å². The summed E-state index contributed by atoms with van der Waals surface area (Å²) in [5.41, 5.74) is 0.654. The van der Waals surface area contributed by atoms with Gasteiger partial charge in [-0.05, 0) is 44.9 Å². The largest absolute Gasteiger partial charge is 0.460 e. The van der Waals surface area contributed by atoms with Crippen molar-refractivity contribution >= 4 is 5.97 Å². The van der Waals surface area contributed by atoms with Crippen molar-refractivity contribution in [2.24, 2.45) is 17.8 Å². The van der Waals surface area contributed by atoms with Crippen LogP contribution in [0, 0.1) is 17.8 Å². The molecule has 0 aromatic carbocycles. The fourth-order valence-corrected chi connectivity index (χ4v) is 1.90. The van der Waals surface area contributed by atoms with Crippen molar-refractivity contribution in [3.8, 4) is 0 Å². The van der Waals surface area contributed by atoms with Crippen LogP contribution in [0.4, 0.5) is 0 Å². The van der Waals surface area contributed by atoms with E-state index >= 15 is 0 Å². The van der Waals surface area contributed by atoms with Crippen molar-refractivity contribution in [3.05, 3.63) is 23.8 Å². The van der Waals surface area contributed by atoms with Crippen LogP contribution in [0.25, 0.3) is 0 Å². The molecule has 2 nitrogen and oxygen atoms in total. The third kappa shape index (κ3) is 10.3. The van der Waals surface area contributed by atoms with E-state index in [1.165, 1.54) is 12.8 Å². The summed E-state index contributed by atoms with van der Waals surface area (Å²) in [5.74, 6) is 2.03. The minimum Gasteiger partial charge on any atom is -0.460 e. The number of carbonyl (C=O) groups excluding carboxylic acids is 1. The number of hydrogen-bond acceptors (Lipinski definition) is 2. The van der Waals surface area contributed by atoms with Gasteiger partial charge in [0.25, 0.3) is 0 Å². The van der Waals surface area contributed by atoms with E-state index in [2.05, 4.69) is 33.8 Å². The third-order valence-electron chi connectivity index (χ3n) is 3.94. The Morgan fingerprint density at radius 2 is 1.67 bits per heavy atom. The van der Waals surface area contributed by atoms with Gasteiger partial charge in [0, 0.05) is 5.57 Å². The molecule has 0 aliphatic rings. The highest BCUT2D eigenvalue weighted by atomic mass is 16.5. The molecule has 0 heterocycles. The summed E-state index contributed by atoms with van der Waals surface area (Å²) in [4.78, 5) is 11.6. The second-order valence-electron chi connectivity index (χ2n) is 6.87. The summed E-state index contributed by atoms with van der Waals surface area (Å²) in [6, 6.07) is 0. The lowest BCUT2D eigenvalue weighted by Gasteiger charge is -2.17. The average molecular weight is 294 g/mol. The Balaban J connectivity index is 4.06. The molecule has 0 spiro atoms. The molecule has 0 rings (SSSR count). The molecule has 0 aliphatic heterocycles. The van der Waals surface area contributed by atoms with Crippen molar-refractivity contribution in [3.63, 3.8) is 0 Å². The Bertz CT molecular complexity index is 351. The molecular formula is C19H34O2. The maximum Gasteiger partial charge on any atom is 0.333 e. The number of rotatable bonds is 9. The minimum atomic E-state index is -0.228. The summed E-state index contributed by atoms with van der Waals surface area (Å²) in [7, 11) is 0. The van der Waals surface area contributed by atoms with Gasteiger partial charge in [-0.15, -0.1) is 0 Å². The van der Waals surface area contributed by atoms with E-state index in [1.807, 2.05) is 26.0 Å². The van der Waals surface area contributed by atoms with Crippen LogP contribution in [0.3, 0.4) is 0 Å². The van der Waals surface area contributed by atoms with E-state index in [0.29, 0.717) is 11.5 Å². The minimum absolute atomic E-state index is 0.0622. The second kappa shape index (κ2) is 10.6. The fourth-order valence-electron chi connectivity index (χ4n) is 1.90. The summed E-state index contributed by atoms with van der Waals surface area (Å²) >= 11 is 0. The molecule has 2 atom stereocenters. The lowest BCUT2D eigenvalue weighted by Crippen LogP contribution is -2.11. The predicted octanol–water partition coefficient (Wildman–Crippen LogP) is 5.54. The Morgan fingerprint density at radius 3 is 2.19 bits per heavy atom. The van der Waals surface area contributed by atoms with Gasteiger partial charge in [0.05, 0.1) is 6.10 Å². The molecule has 0 bridgehead atoms. The van der Waals surface area contributed by atoms with Crippen LogP contribution in [0.1, 0.15) is 67.7 Å². The quantitative estimate of drug-likeness (QED) is 0.317. The summed E-state index contributed by atoms with van der Waals surface area (Å²) < 4.78 is 5.14. The lowest BCUT2D eigenvalue weighted by atomic mass is 9.89. The van der Waals surface area contributed by atoms with Gasteiger partial charge < -0.3 is 4.74 Å². The Labute approximate surface area is 131 Å². The van der Waals surface area contributed by atoms with E-state index in [0.717, 1.165) is 18.3 Å². The summed E-state index contributed by atoms with van der Waals surface area (Å²) in [5, 5.41) is 0. The molecule has 0 saturated heterocycles. The summed E-state index contributed by atoms with van der Waals surface area (Å²) in [6.07, 6.45) is 9.52. The van der Waals surface area contributed by atoms with Crippen molar-refractivity contribution in [2.45, 2.75) is 73.8 Å². The highest BCUT2D eigenvalue weighted by molar-refractivity contribution is 5.88. The van der Waals surface area contributed by atoms with Crippen LogP contribution in [0.2, 0.25) is 0 Å². The van der Waals surface area contributed by atoms with Crippen LogP contribution < -0.4 is 0 Å². The van der Waals surface area contributed by atoms with Crippen molar-refractivity contribution in [2.75, 3.05) is 0 Å². The lowest BCUT2D eigenvalue weighted by molar-refractivity contribution is -0.142. The number of esters is 1. The number of ether oxygens (including phenoxy) is 1. The van der Waals surface area contributed by atoms with Gasteiger partial charge in [-0.3, -0.25) is 0 Å². The molecule has 0 aliphatic carbocycles. The van der Waals surface area contributed by atoms with Crippen LogP contribution in [0.5, 0.6) is 0 Å². The van der Waals surface area contributed by atoms with E-state index in [-0.39, 0.29) is 12.1 Å². The fraction of sp³-hybridized carbons (Fsp3) is 0.737. The molecule has 0 amide bonds. The average Bonchev–Trinajstić information content (AvgIpc) is 2.39. The molecule has 122 valence electrons. The summed E-state index contributed by atoms with van der Waals surface area (Å²) in [6.45, 7) is 14.7. The molecular weight excluding hydrogens is 260 g/mol. The Kier molecular flexibility index (Phi) is 10.1. The van der Waals surface area contributed by atoms with Gasteiger partial charge in [0.2, 0.25) is 0 Å². The van der Waals surface area contributed by atoms with Crippen LogP contribution in [-0.2, 0) is 9.53 Å². The highest BCUT2D eigenvalue weighted by Crippen LogP contribution is 2.21. The van der Waals surface area contributed by atoms with E-state index in [1.54, 1.807) is 6.92 Å². The molecule has 2 unspecified atom stereocenters. The normalized spacial score (nSPS) is 15.8. The van der Waals surface area contributed by atoms with Gasteiger partial charge in [-0.25, -0.2) is 4.79 Å². The highest BCUT2D eigenvalue weighted by Gasteiger charge is 2.09. The molecule has 0 radical (unpaired) electrons. The zero-order chi connectivity index (χ0) is 16.4. The smallest absolute Gasteiger partial charge is 0.333 e. The molecule has 0 fully saturated rings. The first-order valence-corrected chi connectivity index (χ1v) is 8.28. The first-order chi connectivity index (χ1) is 9.73. The standard InChI is InChI=1S/C19H34O2/c1-14(2)17(6)13-12-16(5)10-8-9-11-18(7)19(20)21-15(3)4/h8-9,11,14-17H,10,12-13H2,1-7H3. The zero-order valence-corrected chi connectivity index (χ0v) is 15.0. The van der Waals surface area contributed by atoms with Gasteiger partial charge in [-0.1, -0.05) is 58.8 Å². The van der Waals surface area contributed by atoms with Gasteiger partial charge in [0.15, 0.2) is 0 Å². The molecule has 0 aromatic rings. The van der Waals surface area contributed by atoms with Crippen molar-refractivity contribution in [1.82, 2.24) is 0 Å². The van der Waals surface area contributed by atoms with Gasteiger partial charge in [0.1, 0.15) is 0 Å². The zero-order valence-electron chi connectivity index (χ0n) is 15.0. The molecule has 2 heteroatoms. The number of carbonyl (C=O) groups is 1. The van der Waals surface area contributed by atoms with Gasteiger partial charge >= 0.3 is 5.97 Å². The maximum atomic E-state index is 11.6. The predicted molar refractivity (Wildman–Crippen MR) is 91.1 cm³/mol. The number of allylic oxidation sites excluding steroid dienone is 3. The maximum absolute atomic E-state index is 11.6. The molecule has 0 aromatic heterocycles. The van der Waals surface area contributed by atoms with E-state index < -0.39 is 0 Å². The molecule has 0 saturated carbocycles. The van der Waals surface area contributed by atoms with Gasteiger partial charge in [-0.2, -0.15) is 0 Å². The van der Waals surface area contributed by atoms with Crippen LogP contribution >= 0.6 is 0 Å². The van der Waals surface area contributed by atoms with Crippen molar-refractivity contribution in [1.29, 1.82) is 0 Å². The van der Waals surface area contributed by atoms with Crippen molar-refractivity contribution < 1.29 is 9.53 Å². The first kappa shape index (κ1) is 19.9. The molecule has 21 heavy (non-hydrogen) atoms. The number of hydrogen-bond donors (Lipinski definition) is 0. The second-order valence-corrected chi connectivity index (χ2v) is 6.87.